The van der Waals surface area contributed by atoms with Gasteiger partial charge >= 0.3 is 0 Å². The van der Waals surface area contributed by atoms with Crippen LogP contribution < -0.4 is 4.13 Å². The van der Waals surface area contributed by atoms with Gasteiger partial charge in [-0.3, -0.25) is 0 Å². The van der Waals surface area contributed by atoms with Gasteiger partial charge in [0.05, 0.1) is 0 Å². The molecule has 0 unspecified atom stereocenters. The lowest BCUT2D eigenvalue weighted by Gasteiger charge is -2.08. The Morgan fingerprint density at radius 1 is 0.789 bits per heavy atom. The van der Waals surface area contributed by atoms with Crippen LogP contribution in [0.25, 0.3) is 0 Å². The zero-order valence-corrected chi connectivity index (χ0v) is 14.1. The van der Waals surface area contributed by atoms with Crippen molar-refractivity contribution in [1.82, 2.24) is 4.13 Å². The van der Waals surface area contributed by atoms with Gasteiger partial charge in [0.1, 0.15) is 0 Å². The normalized spacial score (nSPS) is 10.7. The molecule has 0 bridgehead atoms. The molecule has 2 aromatic carbocycles. The van der Waals surface area contributed by atoms with E-state index in [1.807, 2.05) is 12.1 Å². The number of benzene rings is 2. The summed E-state index contributed by atoms with van der Waals surface area (Å²) in [6, 6.07) is 12.4. The third-order valence-corrected chi connectivity index (χ3v) is 5.40. The number of hydrogen-bond donors (Lipinski definition) is 3. The Morgan fingerprint density at radius 3 is 1.63 bits per heavy atom. The number of nitrogens with one attached hydrogen (secondary N) is 1. The first-order valence-electron chi connectivity index (χ1n) is 5.74. The van der Waals surface area contributed by atoms with Crippen LogP contribution in [-0.4, -0.2) is 0 Å². The Kier molecular flexibility index (Phi) is 5.59. The van der Waals surface area contributed by atoms with Crippen molar-refractivity contribution in [1.29, 1.82) is 0 Å². The van der Waals surface area contributed by atoms with E-state index in [0.717, 1.165) is 19.6 Å². The van der Waals surface area contributed by atoms with E-state index in [4.69, 9.17) is 0 Å². The molecule has 0 spiro atoms. The van der Waals surface area contributed by atoms with E-state index in [0.29, 0.717) is 0 Å². The highest BCUT2D eigenvalue weighted by Gasteiger charge is 2.03. The van der Waals surface area contributed by atoms with E-state index < -0.39 is 0 Å². The zero-order valence-electron chi connectivity index (χ0n) is 10.7. The monoisotopic (exact) mass is 325 g/mol. The highest BCUT2D eigenvalue weighted by Crippen LogP contribution is 2.30. The molecular formula is C14H15NS4. The van der Waals surface area contributed by atoms with Crippen molar-refractivity contribution in [3.8, 4) is 0 Å². The maximum atomic E-state index is 4.46. The number of aryl methyl sites for hydroxylation is 2. The Morgan fingerprint density at radius 2 is 1.21 bits per heavy atom. The third kappa shape index (κ3) is 4.39. The fraction of sp³-hybridized carbons (Fsp3) is 0.143. The molecule has 5 heteroatoms. The second-order valence-corrected chi connectivity index (χ2v) is 7.15. The van der Waals surface area contributed by atoms with Crippen LogP contribution in [0.4, 0.5) is 0 Å². The number of hydrogen-bond acceptors (Lipinski definition) is 5. The van der Waals surface area contributed by atoms with Gasteiger partial charge in [-0.25, -0.2) is 0 Å². The van der Waals surface area contributed by atoms with Crippen LogP contribution in [0.5, 0.6) is 0 Å². The van der Waals surface area contributed by atoms with Gasteiger partial charge in [0.2, 0.25) is 0 Å². The van der Waals surface area contributed by atoms with E-state index in [1.165, 1.54) is 11.1 Å². The van der Waals surface area contributed by atoms with Crippen LogP contribution in [0.1, 0.15) is 11.1 Å². The summed E-state index contributed by atoms with van der Waals surface area (Å²) in [6.45, 7) is 4.16. The summed E-state index contributed by atoms with van der Waals surface area (Å²) in [5, 5.41) is 0. The summed E-state index contributed by atoms with van der Waals surface area (Å²) in [5.74, 6) is 0. The molecule has 0 atom stereocenters. The predicted molar refractivity (Wildman–Crippen MR) is 91.7 cm³/mol. The summed E-state index contributed by atoms with van der Waals surface area (Å²) < 4.78 is 3.29. The fourth-order valence-corrected chi connectivity index (χ4v) is 3.79. The highest BCUT2D eigenvalue weighted by molar-refractivity contribution is 8.13. The molecule has 19 heavy (non-hydrogen) atoms. The molecule has 0 radical (unpaired) electrons. The van der Waals surface area contributed by atoms with Gasteiger partial charge in [0.25, 0.3) is 0 Å². The van der Waals surface area contributed by atoms with Crippen molar-refractivity contribution in [2.45, 2.75) is 33.4 Å². The lowest BCUT2D eigenvalue weighted by atomic mass is 10.2. The van der Waals surface area contributed by atoms with Crippen LogP contribution in [0.2, 0.25) is 0 Å². The quantitative estimate of drug-likeness (QED) is 0.529. The second kappa shape index (κ2) is 6.99. The average Bonchev–Trinajstić information content (AvgIpc) is 2.38. The molecule has 100 valence electrons. The van der Waals surface area contributed by atoms with Crippen molar-refractivity contribution < 1.29 is 0 Å². The second-order valence-electron chi connectivity index (χ2n) is 4.23. The average molecular weight is 326 g/mol. The van der Waals surface area contributed by atoms with Crippen LogP contribution in [0.15, 0.2) is 56.0 Å². The largest absolute Gasteiger partial charge is 0.199 e. The van der Waals surface area contributed by atoms with Gasteiger partial charge in [-0.15, -0.1) is 25.3 Å². The molecular weight excluding hydrogens is 310 g/mol. The molecule has 0 saturated heterocycles. The lowest BCUT2D eigenvalue weighted by Crippen LogP contribution is -1.92. The molecule has 0 fully saturated rings. The molecule has 1 N–H and O–H groups in total. The zero-order chi connectivity index (χ0) is 13.8. The van der Waals surface area contributed by atoms with Gasteiger partial charge < -0.3 is 0 Å². The Bertz CT molecular complexity index is 532. The van der Waals surface area contributed by atoms with E-state index in [9.17, 15) is 0 Å². The minimum absolute atomic E-state index is 0.985. The Balaban J connectivity index is 2.00. The first kappa shape index (κ1) is 15.2. The molecule has 0 aliphatic rings. The highest BCUT2D eigenvalue weighted by atomic mass is 32.2. The fourth-order valence-electron chi connectivity index (χ4n) is 1.52. The summed E-state index contributed by atoms with van der Waals surface area (Å²) in [4.78, 5) is 4.23. The smallest absolute Gasteiger partial charge is 0.0372 e. The van der Waals surface area contributed by atoms with E-state index >= 15 is 0 Å². The molecule has 0 saturated carbocycles. The molecule has 2 rings (SSSR count). The van der Waals surface area contributed by atoms with Crippen LogP contribution in [-0.2, 0) is 0 Å². The molecule has 0 aliphatic heterocycles. The minimum atomic E-state index is 0.985. The number of thiol groups is 2. The summed E-state index contributed by atoms with van der Waals surface area (Å²) in [7, 11) is 0. The van der Waals surface area contributed by atoms with Crippen LogP contribution >= 0.6 is 49.2 Å². The van der Waals surface area contributed by atoms with Crippen molar-refractivity contribution in [3.63, 3.8) is 0 Å². The summed E-state index contributed by atoms with van der Waals surface area (Å²) in [6.07, 6.45) is 0. The van der Waals surface area contributed by atoms with Crippen LogP contribution in [0.3, 0.4) is 0 Å². The Labute approximate surface area is 134 Å². The molecule has 0 aromatic heterocycles. The number of rotatable bonds is 4. The third-order valence-electron chi connectivity index (χ3n) is 2.53. The van der Waals surface area contributed by atoms with Crippen molar-refractivity contribution in [2.24, 2.45) is 0 Å². The van der Waals surface area contributed by atoms with Gasteiger partial charge in [0.15, 0.2) is 0 Å². The Hall–Kier alpha value is -0.200. The lowest BCUT2D eigenvalue weighted by molar-refractivity contribution is 1.20. The minimum Gasteiger partial charge on any atom is -0.199 e. The summed E-state index contributed by atoms with van der Waals surface area (Å²) in [5.41, 5.74) is 2.47. The van der Waals surface area contributed by atoms with Gasteiger partial charge in [-0.05, 0) is 73.1 Å². The van der Waals surface area contributed by atoms with Crippen molar-refractivity contribution in [3.05, 3.63) is 47.5 Å². The first-order chi connectivity index (χ1) is 9.06. The van der Waals surface area contributed by atoms with E-state index in [2.05, 4.69) is 67.5 Å². The topological polar surface area (TPSA) is 12.0 Å². The van der Waals surface area contributed by atoms with Gasteiger partial charge in [0, 0.05) is 19.6 Å². The molecule has 0 heterocycles. The first-order valence-corrected chi connectivity index (χ1v) is 8.27. The van der Waals surface area contributed by atoms with E-state index in [-0.39, 0.29) is 0 Å². The van der Waals surface area contributed by atoms with Gasteiger partial charge in [-0.1, -0.05) is 12.1 Å². The van der Waals surface area contributed by atoms with E-state index in [1.54, 1.807) is 23.9 Å². The van der Waals surface area contributed by atoms with Crippen molar-refractivity contribution in [2.75, 3.05) is 0 Å². The van der Waals surface area contributed by atoms with Crippen molar-refractivity contribution >= 4 is 49.2 Å². The molecule has 0 amide bonds. The molecule has 1 nitrogen and oxygen atoms in total. The van der Waals surface area contributed by atoms with Crippen LogP contribution in [0, 0.1) is 13.8 Å². The maximum absolute atomic E-state index is 4.46. The van der Waals surface area contributed by atoms with Gasteiger partial charge in [-0.2, -0.15) is 4.13 Å². The standard InChI is InChI=1S/C14H15NS4/c1-9-3-5-11(16)13(7-9)18-15-19-14-8-10(2)4-6-12(14)17/h3-8,15-17H,1-2H3. The predicted octanol–water partition coefficient (Wildman–Crippen LogP) is 5.18. The maximum Gasteiger partial charge on any atom is 0.0372 e. The summed E-state index contributed by atoms with van der Waals surface area (Å²) >= 11 is 12.1. The molecule has 0 aliphatic carbocycles. The SMILES string of the molecule is Cc1ccc(S)c(SNSc2cc(C)ccc2S)c1. The molecule has 2 aromatic rings.